The third kappa shape index (κ3) is 3.85. The summed E-state index contributed by atoms with van der Waals surface area (Å²) in [6.45, 7) is 0.108. The van der Waals surface area contributed by atoms with E-state index in [-0.39, 0.29) is 12.6 Å². The van der Waals surface area contributed by atoms with E-state index < -0.39 is 21.7 Å². The van der Waals surface area contributed by atoms with Gasteiger partial charge in [0.25, 0.3) is 0 Å². The van der Waals surface area contributed by atoms with Gasteiger partial charge in [-0.15, -0.1) is 0 Å². The lowest BCUT2D eigenvalue weighted by atomic mass is 10.2. The Kier molecular flexibility index (Phi) is 4.59. The van der Waals surface area contributed by atoms with Gasteiger partial charge in [0.1, 0.15) is 0 Å². The van der Waals surface area contributed by atoms with Gasteiger partial charge in [0, 0.05) is 12.6 Å². The van der Waals surface area contributed by atoms with Crippen LogP contribution in [0.15, 0.2) is 18.2 Å². The lowest BCUT2D eigenvalue weighted by Crippen LogP contribution is -2.36. The van der Waals surface area contributed by atoms with Crippen molar-refractivity contribution >= 4 is 39.2 Å². The minimum atomic E-state index is -3.82. The Morgan fingerprint density at radius 1 is 1.30 bits per heavy atom. The average Bonchev–Trinajstić information content (AvgIpc) is 3.12. The molecule has 1 N–H and O–H groups in total. The van der Waals surface area contributed by atoms with Crippen LogP contribution in [-0.4, -0.2) is 35.6 Å². The van der Waals surface area contributed by atoms with E-state index in [0.717, 1.165) is 12.8 Å². The van der Waals surface area contributed by atoms with Crippen molar-refractivity contribution in [2.75, 3.05) is 5.75 Å². The molecule has 0 atom stereocenters. The first-order valence-electron chi connectivity index (χ1n) is 5.95. The molecule has 0 radical (unpaired) electrons. The first-order chi connectivity index (χ1) is 9.29. The summed E-state index contributed by atoms with van der Waals surface area (Å²) < 4.78 is 25.4. The maximum atomic E-state index is 12.1. The second kappa shape index (κ2) is 5.89. The van der Waals surface area contributed by atoms with Crippen LogP contribution in [0, 0.1) is 0 Å². The van der Waals surface area contributed by atoms with Crippen molar-refractivity contribution in [3.05, 3.63) is 33.8 Å². The Morgan fingerprint density at radius 3 is 2.45 bits per heavy atom. The topological polar surface area (TPSA) is 74.7 Å². The smallest absolute Gasteiger partial charge is 0.320 e. The Morgan fingerprint density at radius 2 is 1.95 bits per heavy atom. The zero-order chi connectivity index (χ0) is 14.9. The number of aliphatic carboxylic acids is 1. The molecule has 0 aromatic heterocycles. The second-order valence-electron chi connectivity index (χ2n) is 4.67. The molecule has 0 bridgehead atoms. The van der Waals surface area contributed by atoms with Crippen LogP contribution in [0.25, 0.3) is 0 Å². The molecule has 0 saturated heterocycles. The summed E-state index contributed by atoms with van der Waals surface area (Å²) in [6.07, 6.45) is 1.50. The van der Waals surface area contributed by atoms with E-state index in [1.807, 2.05) is 0 Å². The van der Waals surface area contributed by atoms with Crippen molar-refractivity contribution in [3.63, 3.8) is 0 Å². The maximum Gasteiger partial charge on any atom is 0.320 e. The molecule has 0 spiro atoms. The summed E-state index contributed by atoms with van der Waals surface area (Å²) in [5.74, 6) is -2.25. The van der Waals surface area contributed by atoms with Gasteiger partial charge in [0.2, 0.25) is 10.0 Å². The summed E-state index contributed by atoms with van der Waals surface area (Å²) in [7, 11) is -3.82. The normalized spacial score (nSPS) is 15.6. The highest BCUT2D eigenvalue weighted by atomic mass is 35.5. The molecule has 2 rings (SSSR count). The molecule has 0 heterocycles. The third-order valence-corrected chi connectivity index (χ3v) is 5.43. The van der Waals surface area contributed by atoms with E-state index in [9.17, 15) is 13.2 Å². The van der Waals surface area contributed by atoms with Crippen molar-refractivity contribution in [2.45, 2.75) is 25.4 Å². The molecule has 110 valence electrons. The molecule has 1 saturated carbocycles. The number of carboxylic acid groups (broad SMARTS) is 1. The van der Waals surface area contributed by atoms with E-state index >= 15 is 0 Å². The predicted molar refractivity (Wildman–Crippen MR) is 76.4 cm³/mol. The highest BCUT2D eigenvalue weighted by Crippen LogP contribution is 2.32. The number of hydrogen-bond acceptors (Lipinski definition) is 3. The van der Waals surface area contributed by atoms with Crippen molar-refractivity contribution in [1.82, 2.24) is 4.31 Å². The van der Waals surface area contributed by atoms with Crippen LogP contribution in [0.1, 0.15) is 18.4 Å². The maximum absolute atomic E-state index is 12.1. The van der Waals surface area contributed by atoms with Crippen LogP contribution in [0.4, 0.5) is 0 Å². The fourth-order valence-electron chi connectivity index (χ4n) is 1.87. The van der Waals surface area contributed by atoms with Gasteiger partial charge in [-0.25, -0.2) is 8.42 Å². The van der Waals surface area contributed by atoms with Crippen molar-refractivity contribution in [2.24, 2.45) is 0 Å². The largest absolute Gasteiger partial charge is 0.480 e. The van der Waals surface area contributed by atoms with Gasteiger partial charge in [-0.1, -0.05) is 29.3 Å². The molecule has 5 nitrogen and oxygen atoms in total. The lowest BCUT2D eigenvalue weighted by molar-refractivity contribution is -0.134. The molecule has 1 aliphatic carbocycles. The molecule has 0 unspecified atom stereocenters. The summed E-state index contributed by atoms with van der Waals surface area (Å²) in [5, 5.41) is 9.44. The first kappa shape index (κ1) is 15.6. The average molecular weight is 338 g/mol. The van der Waals surface area contributed by atoms with E-state index in [1.165, 1.54) is 4.31 Å². The number of benzene rings is 1. The monoisotopic (exact) mass is 337 g/mol. The summed E-state index contributed by atoms with van der Waals surface area (Å²) in [6, 6.07) is 4.75. The van der Waals surface area contributed by atoms with Gasteiger partial charge < -0.3 is 5.11 Å². The quantitative estimate of drug-likeness (QED) is 0.864. The number of rotatable bonds is 6. The van der Waals surface area contributed by atoms with Gasteiger partial charge in [-0.3, -0.25) is 4.79 Å². The predicted octanol–water partition coefficient (Wildman–Crippen LogP) is 2.37. The Balaban J connectivity index is 2.21. The van der Waals surface area contributed by atoms with E-state index in [4.69, 9.17) is 28.3 Å². The number of hydrogen-bond donors (Lipinski definition) is 1. The van der Waals surface area contributed by atoms with Crippen LogP contribution in [-0.2, 0) is 21.4 Å². The molecule has 1 aromatic rings. The molecule has 20 heavy (non-hydrogen) atoms. The molecule has 0 amide bonds. The lowest BCUT2D eigenvalue weighted by Gasteiger charge is -2.21. The van der Waals surface area contributed by atoms with Crippen LogP contribution < -0.4 is 0 Å². The summed E-state index contributed by atoms with van der Waals surface area (Å²) in [4.78, 5) is 10.7. The number of halogens is 2. The van der Waals surface area contributed by atoms with Gasteiger partial charge in [-0.2, -0.15) is 4.31 Å². The Labute approximate surface area is 127 Å². The first-order valence-corrected chi connectivity index (χ1v) is 8.31. The molecule has 8 heteroatoms. The van der Waals surface area contributed by atoms with E-state index in [2.05, 4.69) is 0 Å². The van der Waals surface area contributed by atoms with Crippen molar-refractivity contribution in [1.29, 1.82) is 0 Å². The van der Waals surface area contributed by atoms with Crippen molar-refractivity contribution in [3.8, 4) is 0 Å². The number of carbonyl (C=O) groups is 1. The second-order valence-corrected chi connectivity index (χ2v) is 7.41. The van der Waals surface area contributed by atoms with Gasteiger partial charge in [-0.05, 0) is 30.5 Å². The standard InChI is InChI=1S/C12H13Cl2NO4S/c13-10-4-1-8(5-11(10)14)6-15(9-2-3-9)20(18,19)7-12(16)17/h1,4-5,9H,2-3,6-7H2,(H,16,17). The van der Waals surface area contributed by atoms with Gasteiger partial charge in [0.05, 0.1) is 10.0 Å². The number of sulfonamides is 1. The van der Waals surface area contributed by atoms with E-state index in [0.29, 0.717) is 15.6 Å². The molecular formula is C12H13Cl2NO4S. The molecular weight excluding hydrogens is 325 g/mol. The van der Waals surface area contributed by atoms with Crippen LogP contribution >= 0.6 is 23.2 Å². The fourth-order valence-corrected chi connectivity index (χ4v) is 3.68. The van der Waals surface area contributed by atoms with Crippen LogP contribution in [0.2, 0.25) is 10.0 Å². The van der Waals surface area contributed by atoms with Crippen LogP contribution in [0.5, 0.6) is 0 Å². The van der Waals surface area contributed by atoms with Crippen molar-refractivity contribution < 1.29 is 18.3 Å². The highest BCUT2D eigenvalue weighted by molar-refractivity contribution is 7.89. The molecule has 1 aliphatic rings. The molecule has 1 fully saturated rings. The summed E-state index contributed by atoms with van der Waals surface area (Å²) >= 11 is 11.7. The fraction of sp³-hybridized carbons (Fsp3) is 0.417. The molecule has 0 aliphatic heterocycles. The van der Waals surface area contributed by atoms with E-state index in [1.54, 1.807) is 18.2 Å². The SMILES string of the molecule is O=C(O)CS(=O)(=O)N(Cc1ccc(Cl)c(Cl)c1)C1CC1. The van der Waals surface area contributed by atoms with Gasteiger partial charge >= 0.3 is 5.97 Å². The Hall–Kier alpha value is -0.820. The minimum Gasteiger partial charge on any atom is -0.480 e. The molecule has 1 aromatic carbocycles. The van der Waals surface area contributed by atoms with Gasteiger partial charge in [0.15, 0.2) is 5.75 Å². The summed E-state index contributed by atoms with van der Waals surface area (Å²) in [5.41, 5.74) is 0.681. The third-order valence-electron chi connectivity index (χ3n) is 2.94. The Bertz CT molecular complexity index is 628. The zero-order valence-electron chi connectivity index (χ0n) is 10.4. The zero-order valence-corrected chi connectivity index (χ0v) is 12.7. The number of carboxylic acids is 1. The highest BCUT2D eigenvalue weighted by Gasteiger charge is 2.38. The number of nitrogens with zero attached hydrogens (tertiary/aromatic N) is 1. The minimum absolute atomic E-state index is 0.108. The van der Waals surface area contributed by atoms with Crippen LogP contribution in [0.3, 0.4) is 0 Å².